The van der Waals surface area contributed by atoms with Crippen molar-refractivity contribution in [3.8, 4) is 5.75 Å². The van der Waals surface area contributed by atoms with Crippen LogP contribution in [-0.2, 0) is 4.79 Å². The van der Waals surface area contributed by atoms with Crippen LogP contribution in [0, 0.1) is 0 Å². The van der Waals surface area contributed by atoms with Crippen molar-refractivity contribution < 1.29 is 19.4 Å². The first kappa shape index (κ1) is 13.3. The Balaban J connectivity index is 2.83. The molecule has 92 valence electrons. The number of carboxylic acids is 1. The Morgan fingerprint density at radius 2 is 2.18 bits per heavy atom. The summed E-state index contributed by atoms with van der Waals surface area (Å²) in [6, 6.07) is 4.58. The minimum absolute atomic E-state index is 0.000952. The number of rotatable bonds is 5. The van der Waals surface area contributed by atoms with Crippen molar-refractivity contribution in [3.05, 3.63) is 28.8 Å². The molecule has 0 aromatic heterocycles. The maximum Gasteiger partial charge on any atom is 0.306 e. The maximum absolute atomic E-state index is 11.5. The summed E-state index contributed by atoms with van der Waals surface area (Å²) in [5, 5.41) is 11.3. The Labute approximate surface area is 103 Å². The van der Waals surface area contributed by atoms with Gasteiger partial charge in [-0.15, -0.1) is 0 Å². The molecule has 0 heterocycles. The molecule has 0 saturated carbocycles. The van der Waals surface area contributed by atoms with Gasteiger partial charge in [-0.25, -0.2) is 0 Å². The summed E-state index contributed by atoms with van der Waals surface area (Å²) in [6.45, 7) is 0.000952. The molecule has 1 rings (SSSR count). The van der Waals surface area contributed by atoms with Crippen LogP contribution >= 0.6 is 11.6 Å². The molecule has 0 aliphatic rings. The molecule has 0 fully saturated rings. The number of hydrogen-bond acceptors (Lipinski definition) is 3. The quantitative estimate of drug-likeness (QED) is 0.839. The van der Waals surface area contributed by atoms with Crippen LogP contribution in [-0.4, -0.2) is 30.6 Å². The van der Waals surface area contributed by atoms with Crippen LogP contribution in [0.25, 0.3) is 0 Å². The number of nitrogens with one attached hydrogen (secondary N) is 1. The fourth-order valence-electron chi connectivity index (χ4n) is 1.19. The van der Waals surface area contributed by atoms with E-state index in [1.54, 1.807) is 6.07 Å². The number of carbonyl (C=O) groups excluding carboxylic acids is 1. The lowest BCUT2D eigenvalue weighted by Gasteiger charge is -2.10. The van der Waals surface area contributed by atoms with E-state index in [1.165, 1.54) is 19.2 Å². The molecule has 6 heteroatoms. The van der Waals surface area contributed by atoms with Crippen molar-refractivity contribution in [1.82, 2.24) is 5.32 Å². The van der Waals surface area contributed by atoms with Crippen LogP contribution in [0.3, 0.4) is 0 Å². The molecule has 0 spiro atoms. The van der Waals surface area contributed by atoms with Gasteiger partial charge in [0.15, 0.2) is 0 Å². The summed E-state index contributed by atoms with van der Waals surface area (Å²) < 4.78 is 5.23. The molecule has 1 amide bonds. The summed E-state index contributed by atoms with van der Waals surface area (Å²) in [5.74, 6) is -0.978. The molecule has 5 nitrogen and oxygen atoms in total. The van der Waals surface area contributed by atoms with Gasteiger partial charge in [0.25, 0.3) is 5.91 Å². The van der Waals surface area contributed by atoms with Gasteiger partial charge in [0.05, 0.1) is 18.6 Å². The van der Waals surface area contributed by atoms with Crippen molar-refractivity contribution in [2.45, 2.75) is 6.42 Å². The average molecular weight is 258 g/mol. The number of carboxylic acid groups (broad SMARTS) is 1. The first-order valence-corrected chi connectivity index (χ1v) is 5.28. The van der Waals surface area contributed by atoms with Gasteiger partial charge in [-0.3, -0.25) is 9.59 Å². The van der Waals surface area contributed by atoms with Crippen LogP contribution in [0.1, 0.15) is 16.8 Å². The molecule has 0 radical (unpaired) electrons. The molecule has 17 heavy (non-hydrogen) atoms. The predicted octanol–water partition coefficient (Wildman–Crippen LogP) is 1.55. The van der Waals surface area contributed by atoms with Gasteiger partial charge in [-0.2, -0.15) is 0 Å². The van der Waals surface area contributed by atoms with Gasteiger partial charge in [0.1, 0.15) is 5.75 Å². The number of benzene rings is 1. The molecular weight excluding hydrogens is 246 g/mol. The molecule has 0 bridgehead atoms. The average Bonchev–Trinajstić information content (AvgIpc) is 2.29. The third-order valence-corrected chi connectivity index (χ3v) is 2.22. The monoisotopic (exact) mass is 257 g/mol. The predicted molar refractivity (Wildman–Crippen MR) is 62.6 cm³/mol. The van der Waals surface area contributed by atoms with Crippen molar-refractivity contribution in [2.24, 2.45) is 0 Å². The number of halogens is 1. The summed E-state index contributed by atoms with van der Waals surface area (Å²) in [7, 11) is 1.49. The van der Waals surface area contributed by atoms with Gasteiger partial charge >= 0.3 is 5.97 Å². The molecule has 0 unspecified atom stereocenters. The molecule has 0 aliphatic heterocycles. The van der Waals surface area contributed by atoms with Crippen LogP contribution in [0.4, 0.5) is 0 Å². The van der Waals surface area contributed by atoms with Gasteiger partial charge in [0.2, 0.25) is 0 Å². The maximum atomic E-state index is 11.5. The highest BCUT2D eigenvalue weighted by Gasteiger charge is 2.12. The number of ether oxygens (including phenoxy) is 1. The minimum Gasteiger partial charge on any atom is -0.492 e. The summed E-state index contributed by atoms with van der Waals surface area (Å²) in [6.07, 6.45) is -0.129. The topological polar surface area (TPSA) is 75.6 Å². The Hall–Kier alpha value is -1.75. The Bertz CT molecular complexity index is 433. The Morgan fingerprint density at radius 3 is 2.76 bits per heavy atom. The molecule has 1 aromatic rings. The van der Waals surface area contributed by atoms with Crippen LogP contribution in [0.2, 0.25) is 5.02 Å². The van der Waals surface area contributed by atoms with Gasteiger partial charge in [-0.05, 0) is 18.2 Å². The molecule has 0 saturated heterocycles. The molecule has 0 atom stereocenters. The largest absolute Gasteiger partial charge is 0.492 e. The van der Waals surface area contributed by atoms with Crippen molar-refractivity contribution >= 4 is 23.5 Å². The fourth-order valence-corrected chi connectivity index (χ4v) is 1.36. The van der Waals surface area contributed by atoms with Crippen molar-refractivity contribution in [1.29, 1.82) is 0 Å². The first-order valence-electron chi connectivity index (χ1n) is 4.91. The van der Waals surface area contributed by atoms with E-state index in [2.05, 4.69) is 5.32 Å². The highest BCUT2D eigenvalue weighted by atomic mass is 35.5. The summed E-state index contributed by atoms with van der Waals surface area (Å²) in [4.78, 5) is 21.9. The second-order valence-electron chi connectivity index (χ2n) is 3.21. The molecular formula is C11H12ClNO4. The van der Waals surface area contributed by atoms with E-state index in [-0.39, 0.29) is 24.5 Å². The van der Waals surface area contributed by atoms with E-state index in [4.69, 9.17) is 21.4 Å². The second kappa shape index (κ2) is 6.10. The zero-order valence-corrected chi connectivity index (χ0v) is 9.95. The lowest BCUT2D eigenvalue weighted by Crippen LogP contribution is -2.19. The second-order valence-corrected chi connectivity index (χ2v) is 3.65. The van der Waals surface area contributed by atoms with Gasteiger partial charge < -0.3 is 15.2 Å². The lowest BCUT2D eigenvalue weighted by atomic mass is 10.2. The van der Waals surface area contributed by atoms with Gasteiger partial charge in [-0.1, -0.05) is 11.6 Å². The van der Waals surface area contributed by atoms with E-state index in [1.807, 2.05) is 0 Å². The highest BCUT2D eigenvalue weighted by molar-refractivity contribution is 6.31. The van der Waals surface area contributed by atoms with E-state index < -0.39 is 5.97 Å². The van der Waals surface area contributed by atoms with Crippen LogP contribution in [0.5, 0.6) is 5.75 Å². The first-order chi connectivity index (χ1) is 8.04. The third-order valence-electron chi connectivity index (χ3n) is 1.99. The summed E-state index contributed by atoms with van der Waals surface area (Å²) in [5.41, 5.74) is 0.283. The number of amides is 1. The fraction of sp³-hybridized carbons (Fsp3) is 0.273. The highest BCUT2D eigenvalue weighted by Crippen LogP contribution is 2.23. The normalized spacial score (nSPS) is 9.76. The van der Waals surface area contributed by atoms with E-state index in [0.717, 1.165) is 0 Å². The molecule has 0 aliphatic carbocycles. The lowest BCUT2D eigenvalue weighted by molar-refractivity contribution is -0.137. The standard InChI is InChI=1S/C11H12ClNO4/c1-13-11(16)8-6-7(12)2-3-9(8)17-5-4-10(14)15/h2-3,6H,4-5H2,1H3,(H,13,16)(H,14,15). The van der Waals surface area contributed by atoms with E-state index >= 15 is 0 Å². The van der Waals surface area contributed by atoms with Crippen molar-refractivity contribution in [3.63, 3.8) is 0 Å². The van der Waals surface area contributed by atoms with Crippen LogP contribution in [0.15, 0.2) is 18.2 Å². The Morgan fingerprint density at radius 1 is 1.47 bits per heavy atom. The number of carbonyl (C=O) groups is 2. The minimum atomic E-state index is -0.958. The number of hydrogen-bond donors (Lipinski definition) is 2. The van der Waals surface area contributed by atoms with E-state index in [0.29, 0.717) is 10.8 Å². The van der Waals surface area contributed by atoms with Crippen LogP contribution < -0.4 is 10.1 Å². The summed E-state index contributed by atoms with van der Waals surface area (Å²) >= 11 is 5.77. The molecule has 2 N–H and O–H groups in total. The zero-order chi connectivity index (χ0) is 12.8. The number of aliphatic carboxylic acids is 1. The SMILES string of the molecule is CNC(=O)c1cc(Cl)ccc1OCCC(=O)O. The Kier molecular flexibility index (Phi) is 4.78. The smallest absolute Gasteiger partial charge is 0.306 e. The van der Waals surface area contributed by atoms with Gasteiger partial charge in [0, 0.05) is 12.1 Å². The third kappa shape index (κ3) is 3.96. The van der Waals surface area contributed by atoms with E-state index in [9.17, 15) is 9.59 Å². The zero-order valence-electron chi connectivity index (χ0n) is 9.20. The molecule has 1 aromatic carbocycles. The van der Waals surface area contributed by atoms with Crippen molar-refractivity contribution in [2.75, 3.05) is 13.7 Å².